The van der Waals surface area contributed by atoms with Crippen molar-refractivity contribution in [2.75, 3.05) is 33.0 Å². The Labute approximate surface area is 164 Å². The Morgan fingerprint density at radius 3 is 2.44 bits per heavy atom. The van der Waals surface area contributed by atoms with Crippen LogP contribution >= 0.6 is 0 Å². The lowest BCUT2D eigenvalue weighted by atomic mass is 10.2. The number of ether oxygens (including phenoxy) is 1. The Morgan fingerprint density at radius 2 is 1.81 bits per heavy atom. The molecule has 6 heteroatoms. The van der Waals surface area contributed by atoms with Gasteiger partial charge >= 0.3 is 0 Å². The van der Waals surface area contributed by atoms with Gasteiger partial charge < -0.3 is 15.0 Å². The summed E-state index contributed by atoms with van der Waals surface area (Å²) in [6, 6.07) is 18.0. The van der Waals surface area contributed by atoms with E-state index < -0.39 is 10.8 Å². The van der Waals surface area contributed by atoms with E-state index >= 15 is 0 Å². The minimum absolute atomic E-state index is 0.586. The third kappa shape index (κ3) is 7.43. The highest BCUT2D eigenvalue weighted by atomic mass is 32.2. The van der Waals surface area contributed by atoms with Crippen LogP contribution in [0, 0.1) is 0 Å². The first kappa shape index (κ1) is 21.0. The van der Waals surface area contributed by atoms with Crippen molar-refractivity contribution in [3.05, 3.63) is 65.7 Å². The maximum Gasteiger partial charge on any atom is 0.193 e. The summed E-state index contributed by atoms with van der Waals surface area (Å²) in [6.45, 7) is 4.00. The molecule has 0 fully saturated rings. The predicted molar refractivity (Wildman–Crippen MR) is 114 cm³/mol. The van der Waals surface area contributed by atoms with Crippen LogP contribution in [0.4, 0.5) is 0 Å². The van der Waals surface area contributed by atoms with Crippen molar-refractivity contribution in [2.24, 2.45) is 4.99 Å². The van der Waals surface area contributed by atoms with E-state index in [1.807, 2.05) is 56.4 Å². The SMILES string of the molecule is CCOc1ccc(CN(C)C(=NC)NCCS(=O)Cc2ccccc2)cc1. The van der Waals surface area contributed by atoms with Gasteiger partial charge in [-0.15, -0.1) is 0 Å². The van der Waals surface area contributed by atoms with E-state index in [-0.39, 0.29) is 0 Å². The standard InChI is InChI=1S/C21H29N3O2S/c1-4-26-20-12-10-18(11-13-20)16-24(3)21(22-2)23-14-15-27(25)17-19-8-6-5-7-9-19/h5-13H,4,14-17H2,1-3H3,(H,22,23). The molecule has 146 valence electrons. The zero-order chi connectivity index (χ0) is 19.5. The van der Waals surface area contributed by atoms with E-state index in [0.29, 0.717) is 24.7 Å². The molecule has 0 aliphatic heterocycles. The molecule has 1 N–H and O–H groups in total. The lowest BCUT2D eigenvalue weighted by molar-refractivity contribution is 0.340. The molecule has 0 radical (unpaired) electrons. The maximum atomic E-state index is 12.2. The van der Waals surface area contributed by atoms with Crippen molar-refractivity contribution >= 4 is 16.8 Å². The zero-order valence-corrected chi connectivity index (χ0v) is 17.2. The first-order valence-electron chi connectivity index (χ1n) is 9.14. The Morgan fingerprint density at radius 1 is 1.11 bits per heavy atom. The molecule has 0 aliphatic carbocycles. The zero-order valence-electron chi connectivity index (χ0n) is 16.4. The van der Waals surface area contributed by atoms with Crippen molar-refractivity contribution in [2.45, 2.75) is 19.2 Å². The van der Waals surface area contributed by atoms with E-state index in [1.54, 1.807) is 7.05 Å². The number of nitrogens with zero attached hydrogens (tertiary/aromatic N) is 2. The molecule has 0 spiro atoms. The minimum Gasteiger partial charge on any atom is -0.494 e. The van der Waals surface area contributed by atoms with E-state index in [2.05, 4.69) is 27.3 Å². The molecule has 2 rings (SSSR count). The molecule has 0 aliphatic rings. The number of hydrogen-bond acceptors (Lipinski definition) is 3. The molecule has 5 nitrogen and oxygen atoms in total. The fourth-order valence-corrected chi connectivity index (χ4v) is 3.74. The van der Waals surface area contributed by atoms with Crippen molar-refractivity contribution < 1.29 is 8.95 Å². The summed E-state index contributed by atoms with van der Waals surface area (Å²) in [6.07, 6.45) is 0. The summed E-state index contributed by atoms with van der Waals surface area (Å²) >= 11 is 0. The minimum atomic E-state index is -0.895. The summed E-state index contributed by atoms with van der Waals surface area (Å²) < 4.78 is 17.7. The number of rotatable bonds is 9. The largest absolute Gasteiger partial charge is 0.494 e. The molecule has 0 aromatic heterocycles. The summed E-state index contributed by atoms with van der Waals surface area (Å²) in [7, 11) is 2.86. The average Bonchev–Trinajstić information content (AvgIpc) is 2.67. The third-order valence-electron chi connectivity index (χ3n) is 4.01. The fourth-order valence-electron chi connectivity index (χ4n) is 2.70. The first-order chi connectivity index (χ1) is 13.1. The highest BCUT2D eigenvalue weighted by Gasteiger charge is 2.08. The number of aliphatic imine (C=N–C) groups is 1. The van der Waals surface area contributed by atoms with Crippen LogP contribution in [0.1, 0.15) is 18.1 Å². The Hall–Kier alpha value is -2.34. The summed E-state index contributed by atoms with van der Waals surface area (Å²) in [5, 5.41) is 3.30. The van der Waals surface area contributed by atoms with E-state index in [0.717, 1.165) is 23.8 Å². The lowest BCUT2D eigenvalue weighted by Crippen LogP contribution is -2.40. The van der Waals surface area contributed by atoms with Crippen LogP contribution in [-0.2, 0) is 23.1 Å². The molecule has 0 heterocycles. The molecule has 27 heavy (non-hydrogen) atoms. The van der Waals surface area contributed by atoms with Crippen molar-refractivity contribution in [3.8, 4) is 5.75 Å². The summed E-state index contributed by atoms with van der Waals surface area (Å²) in [4.78, 5) is 6.37. The second-order valence-electron chi connectivity index (χ2n) is 6.18. The van der Waals surface area contributed by atoms with E-state index in [1.165, 1.54) is 5.56 Å². The van der Waals surface area contributed by atoms with Crippen molar-refractivity contribution in [1.82, 2.24) is 10.2 Å². The first-order valence-corrected chi connectivity index (χ1v) is 10.6. The van der Waals surface area contributed by atoms with Crippen molar-refractivity contribution in [3.63, 3.8) is 0 Å². The molecule has 0 saturated heterocycles. The van der Waals surface area contributed by atoms with Gasteiger partial charge in [-0.2, -0.15) is 0 Å². The monoisotopic (exact) mass is 387 g/mol. The van der Waals surface area contributed by atoms with Crippen molar-refractivity contribution in [1.29, 1.82) is 0 Å². The second kappa shape index (κ2) is 11.4. The molecule has 0 saturated carbocycles. The second-order valence-corrected chi connectivity index (χ2v) is 7.76. The van der Waals surface area contributed by atoms with Crippen LogP contribution in [-0.4, -0.2) is 48.1 Å². The molecule has 1 atom stereocenters. The quantitative estimate of drug-likeness (QED) is 0.531. The molecular formula is C21H29N3O2S. The van der Waals surface area contributed by atoms with Gasteiger partial charge in [0.25, 0.3) is 0 Å². The third-order valence-corrected chi connectivity index (χ3v) is 5.33. The van der Waals surface area contributed by atoms with Crippen LogP contribution < -0.4 is 10.1 Å². The van der Waals surface area contributed by atoms with Gasteiger partial charge in [0, 0.05) is 49.5 Å². The number of hydrogen-bond donors (Lipinski definition) is 1. The van der Waals surface area contributed by atoms with E-state index in [9.17, 15) is 4.21 Å². The smallest absolute Gasteiger partial charge is 0.193 e. The van der Waals surface area contributed by atoms with Gasteiger partial charge in [-0.3, -0.25) is 9.20 Å². The van der Waals surface area contributed by atoms with Crippen LogP contribution in [0.5, 0.6) is 5.75 Å². The van der Waals surface area contributed by atoms with Crippen LogP contribution in [0.15, 0.2) is 59.6 Å². The Balaban J connectivity index is 1.77. The molecular weight excluding hydrogens is 358 g/mol. The predicted octanol–water partition coefficient (Wildman–Crippen LogP) is 3.04. The molecule has 0 amide bonds. The van der Waals surface area contributed by atoms with Crippen LogP contribution in [0.25, 0.3) is 0 Å². The molecule has 2 aromatic rings. The molecule has 2 aromatic carbocycles. The number of nitrogens with one attached hydrogen (secondary N) is 1. The lowest BCUT2D eigenvalue weighted by Gasteiger charge is -2.22. The van der Waals surface area contributed by atoms with Gasteiger partial charge in [-0.25, -0.2) is 0 Å². The number of benzene rings is 2. The molecule has 1 unspecified atom stereocenters. The Bertz CT molecular complexity index is 733. The van der Waals surface area contributed by atoms with Gasteiger partial charge in [0.15, 0.2) is 5.96 Å². The van der Waals surface area contributed by atoms with Gasteiger partial charge in [0.2, 0.25) is 0 Å². The summed E-state index contributed by atoms with van der Waals surface area (Å²) in [5.74, 6) is 2.85. The number of guanidine groups is 1. The highest BCUT2D eigenvalue weighted by molar-refractivity contribution is 7.84. The van der Waals surface area contributed by atoms with E-state index in [4.69, 9.17) is 4.74 Å². The molecule has 0 bridgehead atoms. The maximum absolute atomic E-state index is 12.2. The van der Waals surface area contributed by atoms with Gasteiger partial charge in [-0.05, 0) is 30.2 Å². The van der Waals surface area contributed by atoms with Gasteiger partial charge in [0.1, 0.15) is 5.75 Å². The highest BCUT2D eigenvalue weighted by Crippen LogP contribution is 2.13. The fraction of sp³-hybridized carbons (Fsp3) is 0.381. The summed E-state index contributed by atoms with van der Waals surface area (Å²) in [5.41, 5.74) is 2.28. The average molecular weight is 388 g/mol. The topological polar surface area (TPSA) is 53.9 Å². The van der Waals surface area contributed by atoms with Gasteiger partial charge in [0.05, 0.1) is 6.61 Å². The normalized spacial score (nSPS) is 12.5. The van der Waals surface area contributed by atoms with Crippen LogP contribution in [0.2, 0.25) is 0 Å². The van der Waals surface area contributed by atoms with Crippen LogP contribution in [0.3, 0.4) is 0 Å². The Kier molecular flexibility index (Phi) is 8.84. The van der Waals surface area contributed by atoms with Gasteiger partial charge in [-0.1, -0.05) is 42.5 Å².